The molecule has 2 atom stereocenters. The summed E-state index contributed by atoms with van der Waals surface area (Å²) in [6.45, 7) is 3.43. The van der Waals surface area contributed by atoms with E-state index in [1.165, 1.54) is 6.07 Å². The van der Waals surface area contributed by atoms with Crippen molar-refractivity contribution in [3.63, 3.8) is 0 Å². The summed E-state index contributed by atoms with van der Waals surface area (Å²) in [5, 5.41) is 3.05. The number of halogens is 1. The van der Waals surface area contributed by atoms with Gasteiger partial charge in [-0.05, 0) is 36.5 Å². The number of nitrogens with zero attached hydrogens (tertiary/aromatic N) is 1. The van der Waals surface area contributed by atoms with E-state index < -0.39 is 0 Å². The average Bonchev–Trinajstić information content (AvgIpc) is 3.09. The summed E-state index contributed by atoms with van der Waals surface area (Å²) >= 11 is 0. The minimum atomic E-state index is -0.242. The summed E-state index contributed by atoms with van der Waals surface area (Å²) in [5.74, 6) is 0.190. The zero-order chi connectivity index (χ0) is 16.8. The number of rotatable bonds is 6. The van der Waals surface area contributed by atoms with Gasteiger partial charge in [-0.3, -0.25) is 9.69 Å². The Morgan fingerprint density at radius 2 is 2.21 bits per heavy atom. The zero-order valence-electron chi connectivity index (χ0n) is 13.9. The first-order chi connectivity index (χ1) is 11.7. The van der Waals surface area contributed by atoms with Crippen LogP contribution in [0.1, 0.15) is 30.9 Å². The van der Waals surface area contributed by atoms with Crippen molar-refractivity contribution < 1.29 is 13.9 Å². The van der Waals surface area contributed by atoms with Crippen molar-refractivity contribution in [2.75, 3.05) is 32.8 Å². The van der Waals surface area contributed by atoms with Gasteiger partial charge in [0.05, 0.1) is 19.3 Å². The normalized spacial score (nSPS) is 22.5. The van der Waals surface area contributed by atoms with E-state index in [9.17, 15) is 9.18 Å². The molecule has 0 bridgehead atoms. The predicted octanol–water partition coefficient (Wildman–Crippen LogP) is 2.67. The van der Waals surface area contributed by atoms with Gasteiger partial charge in [0, 0.05) is 26.1 Å². The summed E-state index contributed by atoms with van der Waals surface area (Å²) in [7, 11) is 0. The molecule has 0 aromatic heterocycles. The summed E-state index contributed by atoms with van der Waals surface area (Å²) < 4.78 is 19.0. The third-order valence-corrected chi connectivity index (χ3v) is 4.77. The van der Waals surface area contributed by atoms with Crippen molar-refractivity contribution in [2.45, 2.75) is 25.3 Å². The lowest BCUT2D eigenvalue weighted by Gasteiger charge is -2.35. The number of nitrogens with one attached hydrogen (secondary N) is 1. The third-order valence-electron chi connectivity index (χ3n) is 4.77. The van der Waals surface area contributed by atoms with Crippen LogP contribution in [-0.2, 0) is 9.53 Å². The first-order valence-corrected chi connectivity index (χ1v) is 8.73. The molecule has 1 heterocycles. The number of ether oxygens (including phenoxy) is 1. The predicted molar refractivity (Wildman–Crippen MR) is 91.0 cm³/mol. The Kier molecular flexibility index (Phi) is 5.99. The molecule has 1 aromatic carbocycles. The minimum Gasteiger partial charge on any atom is -0.379 e. The quantitative estimate of drug-likeness (QED) is 0.815. The van der Waals surface area contributed by atoms with Gasteiger partial charge >= 0.3 is 0 Å². The lowest BCUT2D eigenvalue weighted by Crippen LogP contribution is -2.44. The van der Waals surface area contributed by atoms with Crippen molar-refractivity contribution in [3.05, 3.63) is 47.8 Å². The number of hydrogen-bond acceptors (Lipinski definition) is 3. The Bertz CT molecular complexity index is 584. The average molecular weight is 332 g/mol. The maximum absolute atomic E-state index is 13.6. The highest BCUT2D eigenvalue weighted by Gasteiger charge is 2.24. The smallest absolute Gasteiger partial charge is 0.220 e. The number of carbonyl (C=O) groups excluding carboxylic acids is 1. The molecule has 2 aliphatic rings. The highest BCUT2D eigenvalue weighted by atomic mass is 19.1. The van der Waals surface area contributed by atoms with Crippen LogP contribution in [-0.4, -0.2) is 43.7 Å². The standard InChI is InChI=1S/C19H25FN2O2/c20-17-7-3-6-16(13-17)18(22-8-10-24-11-9-22)14-21-19(23)12-15-4-1-2-5-15/h1,3-4,6-7,13,15,18H,2,5,8-12,14H2,(H,21,23)/t15-,18-/m1/s1. The Hall–Kier alpha value is -1.72. The molecule has 0 spiro atoms. The van der Waals surface area contributed by atoms with Gasteiger partial charge in [0.25, 0.3) is 0 Å². The molecule has 0 unspecified atom stereocenters. The number of allylic oxidation sites excluding steroid dienone is 2. The van der Waals surface area contributed by atoms with E-state index in [0.717, 1.165) is 31.5 Å². The van der Waals surface area contributed by atoms with Gasteiger partial charge in [-0.25, -0.2) is 4.39 Å². The molecule has 3 rings (SSSR count). The fraction of sp³-hybridized carbons (Fsp3) is 0.526. The first kappa shape index (κ1) is 17.1. The molecule has 1 aliphatic heterocycles. The van der Waals surface area contributed by atoms with Crippen molar-refractivity contribution in [1.82, 2.24) is 10.2 Å². The Morgan fingerprint density at radius 1 is 1.38 bits per heavy atom. The summed E-state index contributed by atoms with van der Waals surface area (Å²) in [6, 6.07) is 6.64. The molecule has 1 fully saturated rings. The Morgan fingerprint density at radius 3 is 2.92 bits per heavy atom. The van der Waals surface area contributed by atoms with Crippen LogP contribution in [0.25, 0.3) is 0 Å². The Labute approximate surface area is 142 Å². The molecule has 5 heteroatoms. The van der Waals surface area contributed by atoms with Crippen LogP contribution in [0.3, 0.4) is 0 Å². The second-order valence-corrected chi connectivity index (χ2v) is 6.49. The largest absolute Gasteiger partial charge is 0.379 e. The van der Waals surface area contributed by atoms with Crippen molar-refractivity contribution in [1.29, 1.82) is 0 Å². The summed E-state index contributed by atoms with van der Waals surface area (Å²) in [4.78, 5) is 14.5. The Balaban J connectivity index is 1.63. The van der Waals surface area contributed by atoms with Crippen molar-refractivity contribution in [2.24, 2.45) is 5.92 Å². The molecule has 0 radical (unpaired) electrons. The van der Waals surface area contributed by atoms with Gasteiger partial charge in [-0.2, -0.15) is 0 Å². The highest BCUT2D eigenvalue weighted by molar-refractivity contribution is 5.76. The van der Waals surface area contributed by atoms with Gasteiger partial charge in [-0.1, -0.05) is 24.3 Å². The molecule has 1 aromatic rings. The van der Waals surface area contributed by atoms with E-state index in [1.54, 1.807) is 12.1 Å². The lowest BCUT2D eigenvalue weighted by atomic mass is 10.0. The van der Waals surface area contributed by atoms with Gasteiger partial charge in [-0.15, -0.1) is 0 Å². The van der Waals surface area contributed by atoms with Crippen LogP contribution in [0.4, 0.5) is 4.39 Å². The van der Waals surface area contributed by atoms with E-state index in [0.29, 0.717) is 32.1 Å². The maximum atomic E-state index is 13.6. The summed E-state index contributed by atoms with van der Waals surface area (Å²) in [6.07, 6.45) is 6.93. The molecular weight excluding hydrogens is 307 g/mol. The van der Waals surface area contributed by atoms with Crippen molar-refractivity contribution >= 4 is 5.91 Å². The molecule has 24 heavy (non-hydrogen) atoms. The molecule has 4 nitrogen and oxygen atoms in total. The van der Waals surface area contributed by atoms with E-state index in [-0.39, 0.29) is 17.8 Å². The van der Waals surface area contributed by atoms with Crippen LogP contribution in [0.2, 0.25) is 0 Å². The molecule has 1 saturated heterocycles. The molecule has 1 N–H and O–H groups in total. The zero-order valence-corrected chi connectivity index (χ0v) is 13.9. The monoisotopic (exact) mass is 332 g/mol. The van der Waals surface area contributed by atoms with Gasteiger partial charge in [0.2, 0.25) is 5.91 Å². The number of benzene rings is 1. The molecule has 0 saturated carbocycles. The van der Waals surface area contributed by atoms with Crippen molar-refractivity contribution in [3.8, 4) is 0 Å². The SMILES string of the molecule is O=C(C[C@@H]1C=CCC1)NC[C@H](c1cccc(F)c1)N1CCOCC1. The van der Waals surface area contributed by atoms with Crippen LogP contribution < -0.4 is 5.32 Å². The van der Waals surface area contributed by atoms with Crippen LogP contribution in [0.15, 0.2) is 36.4 Å². The topological polar surface area (TPSA) is 41.6 Å². The van der Waals surface area contributed by atoms with E-state index in [2.05, 4.69) is 22.4 Å². The third kappa shape index (κ3) is 4.65. The maximum Gasteiger partial charge on any atom is 0.220 e. The second-order valence-electron chi connectivity index (χ2n) is 6.49. The molecule has 1 amide bonds. The van der Waals surface area contributed by atoms with Crippen LogP contribution in [0.5, 0.6) is 0 Å². The number of carbonyl (C=O) groups is 1. The fourth-order valence-electron chi connectivity index (χ4n) is 3.45. The minimum absolute atomic E-state index is 0.0207. The van der Waals surface area contributed by atoms with E-state index in [4.69, 9.17) is 4.74 Å². The van der Waals surface area contributed by atoms with Crippen LogP contribution in [0, 0.1) is 11.7 Å². The first-order valence-electron chi connectivity index (χ1n) is 8.73. The van der Waals surface area contributed by atoms with Gasteiger partial charge < -0.3 is 10.1 Å². The molecular formula is C19H25FN2O2. The fourth-order valence-corrected chi connectivity index (χ4v) is 3.45. The van der Waals surface area contributed by atoms with Crippen LogP contribution >= 0.6 is 0 Å². The van der Waals surface area contributed by atoms with Gasteiger partial charge in [0.15, 0.2) is 0 Å². The summed E-state index contributed by atoms with van der Waals surface area (Å²) in [5.41, 5.74) is 0.901. The second kappa shape index (κ2) is 8.40. The molecule has 1 aliphatic carbocycles. The number of amides is 1. The van der Waals surface area contributed by atoms with Gasteiger partial charge in [0.1, 0.15) is 5.82 Å². The van der Waals surface area contributed by atoms with E-state index >= 15 is 0 Å². The molecule has 130 valence electrons. The van der Waals surface area contributed by atoms with E-state index in [1.807, 2.05) is 6.07 Å². The number of hydrogen-bond donors (Lipinski definition) is 1. The highest BCUT2D eigenvalue weighted by Crippen LogP contribution is 2.23. The lowest BCUT2D eigenvalue weighted by molar-refractivity contribution is -0.122. The number of morpholine rings is 1.